The Bertz CT molecular complexity index is 1140. The molecule has 0 unspecified atom stereocenters. The number of amides is 3. The summed E-state index contributed by atoms with van der Waals surface area (Å²) >= 11 is 0. The molecule has 3 aromatic rings. The third-order valence-electron chi connectivity index (χ3n) is 6.27. The highest BCUT2D eigenvalue weighted by Gasteiger charge is 2.31. The highest BCUT2D eigenvalue weighted by Crippen LogP contribution is 2.33. The lowest BCUT2D eigenvalue weighted by molar-refractivity contribution is -0.120. The number of hydrogen-bond acceptors (Lipinski definition) is 5. The summed E-state index contributed by atoms with van der Waals surface area (Å²) in [6.07, 6.45) is 4.89. The van der Waals surface area contributed by atoms with Crippen LogP contribution in [0.4, 0.5) is 5.69 Å². The Hall–Kier alpha value is -3.55. The van der Waals surface area contributed by atoms with E-state index in [0.717, 1.165) is 25.7 Å². The molecule has 1 aliphatic rings. The van der Waals surface area contributed by atoms with Gasteiger partial charge in [-0.3, -0.25) is 14.4 Å². The second-order valence-electron chi connectivity index (χ2n) is 8.63. The number of benzene rings is 1. The van der Waals surface area contributed by atoms with Crippen molar-refractivity contribution in [1.82, 2.24) is 9.80 Å². The Morgan fingerprint density at radius 2 is 1.56 bits per heavy atom. The van der Waals surface area contributed by atoms with Gasteiger partial charge < -0.3 is 24.0 Å². The molecule has 1 aromatic carbocycles. The van der Waals surface area contributed by atoms with Gasteiger partial charge in [-0.2, -0.15) is 0 Å². The number of nitrogens with zero attached hydrogens (tertiary/aromatic N) is 2. The van der Waals surface area contributed by atoms with Gasteiger partial charge in [0, 0.05) is 37.5 Å². The second-order valence-corrected chi connectivity index (χ2v) is 8.63. The Morgan fingerprint density at radius 1 is 0.912 bits per heavy atom. The standard InChI is InChI=1S/C26H31N3O5/c1-3-8-18(9-4-2)24(30)27-22-19-10-5-6-11-20(19)34-23(22)26(32)29-15-13-28(14-16-29)25(31)21-12-7-17-33-21/h5-7,10-12,17-18H,3-4,8-9,13-16H2,1-2H3,(H,27,30). The topological polar surface area (TPSA) is 96.0 Å². The number of anilines is 1. The Morgan fingerprint density at radius 3 is 2.18 bits per heavy atom. The van der Waals surface area contributed by atoms with Gasteiger partial charge in [-0.05, 0) is 37.1 Å². The van der Waals surface area contributed by atoms with Gasteiger partial charge in [-0.25, -0.2) is 0 Å². The lowest BCUT2D eigenvalue weighted by Crippen LogP contribution is -2.50. The molecule has 3 amide bonds. The van der Waals surface area contributed by atoms with Gasteiger partial charge in [0.25, 0.3) is 11.8 Å². The quantitative estimate of drug-likeness (QED) is 0.517. The third kappa shape index (κ3) is 4.85. The van der Waals surface area contributed by atoms with Crippen molar-refractivity contribution in [2.75, 3.05) is 31.5 Å². The zero-order valence-corrected chi connectivity index (χ0v) is 19.7. The number of rotatable bonds is 8. The smallest absolute Gasteiger partial charge is 0.291 e. The van der Waals surface area contributed by atoms with Gasteiger partial charge in [0.15, 0.2) is 5.76 Å². The number of hydrogen-bond donors (Lipinski definition) is 1. The van der Waals surface area contributed by atoms with Gasteiger partial charge in [-0.1, -0.05) is 38.8 Å². The van der Waals surface area contributed by atoms with E-state index in [0.29, 0.717) is 42.8 Å². The minimum atomic E-state index is -0.292. The van der Waals surface area contributed by atoms with Crippen LogP contribution in [0.2, 0.25) is 0 Å². The molecule has 0 saturated carbocycles. The maximum atomic E-state index is 13.5. The van der Waals surface area contributed by atoms with Crippen LogP contribution in [0, 0.1) is 5.92 Å². The lowest BCUT2D eigenvalue weighted by Gasteiger charge is -2.34. The molecular formula is C26H31N3O5. The average molecular weight is 466 g/mol. The van der Waals surface area contributed by atoms with Crippen LogP contribution in [0.15, 0.2) is 51.5 Å². The van der Waals surface area contributed by atoms with Crippen molar-refractivity contribution < 1.29 is 23.2 Å². The molecule has 4 rings (SSSR count). The summed E-state index contributed by atoms with van der Waals surface area (Å²) in [6, 6.07) is 10.6. The third-order valence-corrected chi connectivity index (χ3v) is 6.27. The molecule has 1 fully saturated rings. The predicted octanol–water partition coefficient (Wildman–Crippen LogP) is 4.78. The molecule has 8 heteroatoms. The van der Waals surface area contributed by atoms with E-state index in [4.69, 9.17) is 8.83 Å². The van der Waals surface area contributed by atoms with Gasteiger partial charge in [0.05, 0.1) is 6.26 Å². The van der Waals surface area contributed by atoms with E-state index in [1.165, 1.54) is 6.26 Å². The zero-order chi connectivity index (χ0) is 24.1. The molecule has 0 bridgehead atoms. The second kappa shape index (κ2) is 10.6. The van der Waals surface area contributed by atoms with E-state index in [2.05, 4.69) is 19.2 Å². The first-order valence-electron chi connectivity index (χ1n) is 12.0. The zero-order valence-electron chi connectivity index (χ0n) is 19.7. The molecular weight excluding hydrogens is 434 g/mol. The first-order chi connectivity index (χ1) is 16.5. The number of piperazine rings is 1. The molecule has 1 N–H and O–H groups in total. The van der Waals surface area contributed by atoms with Gasteiger partial charge in [0.2, 0.25) is 11.7 Å². The number of fused-ring (bicyclic) bond motifs is 1. The van der Waals surface area contributed by atoms with E-state index in [1.54, 1.807) is 28.0 Å². The fraction of sp³-hybridized carbons (Fsp3) is 0.423. The molecule has 180 valence electrons. The molecule has 2 aromatic heterocycles. The van der Waals surface area contributed by atoms with Crippen LogP contribution in [-0.4, -0.2) is 53.7 Å². The first kappa shape index (κ1) is 23.6. The van der Waals surface area contributed by atoms with E-state index < -0.39 is 0 Å². The normalized spacial score (nSPS) is 14.1. The van der Waals surface area contributed by atoms with Crippen molar-refractivity contribution in [3.63, 3.8) is 0 Å². The molecule has 0 aliphatic carbocycles. The van der Waals surface area contributed by atoms with Crippen LogP contribution in [0.3, 0.4) is 0 Å². The molecule has 3 heterocycles. The minimum Gasteiger partial charge on any atom is -0.459 e. The first-order valence-corrected chi connectivity index (χ1v) is 12.0. The number of carbonyl (C=O) groups is 3. The average Bonchev–Trinajstić information content (AvgIpc) is 3.52. The Labute approximate surface area is 198 Å². The summed E-state index contributed by atoms with van der Waals surface area (Å²) in [7, 11) is 0. The van der Waals surface area contributed by atoms with Crippen LogP contribution < -0.4 is 5.32 Å². The number of para-hydroxylation sites is 1. The van der Waals surface area contributed by atoms with Crippen LogP contribution in [0.25, 0.3) is 11.0 Å². The Balaban J connectivity index is 1.53. The van der Waals surface area contributed by atoms with E-state index >= 15 is 0 Å². The highest BCUT2D eigenvalue weighted by atomic mass is 16.4. The van der Waals surface area contributed by atoms with E-state index in [9.17, 15) is 14.4 Å². The Kier molecular flexibility index (Phi) is 7.35. The summed E-state index contributed by atoms with van der Waals surface area (Å²) in [5.74, 6) is -0.255. The molecule has 34 heavy (non-hydrogen) atoms. The van der Waals surface area contributed by atoms with Crippen molar-refractivity contribution in [3.05, 3.63) is 54.2 Å². The van der Waals surface area contributed by atoms with Crippen molar-refractivity contribution in [1.29, 1.82) is 0 Å². The summed E-state index contributed by atoms with van der Waals surface area (Å²) in [6.45, 7) is 5.64. The largest absolute Gasteiger partial charge is 0.459 e. The van der Waals surface area contributed by atoms with Gasteiger partial charge in [0.1, 0.15) is 11.3 Å². The van der Waals surface area contributed by atoms with E-state index in [-0.39, 0.29) is 35.2 Å². The summed E-state index contributed by atoms with van der Waals surface area (Å²) in [5.41, 5.74) is 0.979. The fourth-order valence-corrected chi connectivity index (χ4v) is 4.46. The molecule has 0 radical (unpaired) electrons. The van der Waals surface area contributed by atoms with Crippen LogP contribution >= 0.6 is 0 Å². The number of furan rings is 2. The fourth-order valence-electron chi connectivity index (χ4n) is 4.46. The van der Waals surface area contributed by atoms with Crippen LogP contribution in [0.5, 0.6) is 0 Å². The van der Waals surface area contributed by atoms with Gasteiger partial charge in [-0.15, -0.1) is 0 Å². The number of nitrogens with one attached hydrogen (secondary N) is 1. The van der Waals surface area contributed by atoms with Crippen molar-refractivity contribution in [2.45, 2.75) is 39.5 Å². The molecule has 8 nitrogen and oxygen atoms in total. The minimum absolute atomic E-state index is 0.0850. The molecule has 1 aliphatic heterocycles. The maximum absolute atomic E-state index is 13.5. The number of carbonyl (C=O) groups excluding carboxylic acids is 3. The summed E-state index contributed by atoms with van der Waals surface area (Å²) in [4.78, 5) is 42.4. The maximum Gasteiger partial charge on any atom is 0.291 e. The molecule has 1 saturated heterocycles. The van der Waals surface area contributed by atoms with Crippen LogP contribution in [0.1, 0.15) is 60.6 Å². The lowest BCUT2D eigenvalue weighted by atomic mass is 9.97. The summed E-state index contributed by atoms with van der Waals surface area (Å²) in [5, 5.41) is 3.72. The van der Waals surface area contributed by atoms with E-state index in [1.807, 2.05) is 18.2 Å². The predicted molar refractivity (Wildman–Crippen MR) is 129 cm³/mol. The van der Waals surface area contributed by atoms with Crippen molar-refractivity contribution >= 4 is 34.4 Å². The summed E-state index contributed by atoms with van der Waals surface area (Å²) < 4.78 is 11.2. The SMILES string of the molecule is CCCC(CCC)C(=O)Nc1c(C(=O)N2CCN(C(=O)c3ccco3)CC2)oc2ccccc12. The highest BCUT2D eigenvalue weighted by molar-refractivity contribution is 6.11. The molecule has 0 atom stereocenters. The molecule has 0 spiro atoms. The van der Waals surface area contributed by atoms with Crippen molar-refractivity contribution in [3.8, 4) is 0 Å². The van der Waals surface area contributed by atoms with Gasteiger partial charge >= 0.3 is 0 Å². The monoisotopic (exact) mass is 465 g/mol. The van der Waals surface area contributed by atoms with Crippen LogP contribution in [-0.2, 0) is 4.79 Å². The van der Waals surface area contributed by atoms with Crippen molar-refractivity contribution in [2.24, 2.45) is 5.92 Å².